The maximum Gasteiger partial charge on any atom is 0.339 e. The number of likely N-dealkylation sites (tertiary alicyclic amines) is 1. The van der Waals surface area contributed by atoms with Crippen molar-refractivity contribution in [1.82, 2.24) is 10.2 Å². The van der Waals surface area contributed by atoms with Crippen molar-refractivity contribution >= 4 is 6.03 Å². The van der Waals surface area contributed by atoms with Crippen molar-refractivity contribution in [3.63, 3.8) is 0 Å². The first-order valence-corrected chi connectivity index (χ1v) is 7.97. The van der Waals surface area contributed by atoms with Crippen LogP contribution in [0, 0.1) is 6.92 Å². The fraction of sp³-hybridized carbons (Fsp3) is 0.333. The van der Waals surface area contributed by atoms with Crippen LogP contribution in [0.1, 0.15) is 11.3 Å². The van der Waals surface area contributed by atoms with Gasteiger partial charge in [0.1, 0.15) is 23.4 Å². The predicted octanol–water partition coefficient (Wildman–Crippen LogP) is 1.93. The van der Waals surface area contributed by atoms with E-state index in [1.165, 1.54) is 6.07 Å². The van der Waals surface area contributed by atoms with Gasteiger partial charge in [-0.1, -0.05) is 12.1 Å². The minimum absolute atomic E-state index is 0.118. The average molecular weight is 344 g/mol. The molecule has 0 saturated carbocycles. The van der Waals surface area contributed by atoms with Crippen LogP contribution in [-0.2, 0) is 6.54 Å². The van der Waals surface area contributed by atoms with E-state index in [9.17, 15) is 9.59 Å². The molecule has 1 saturated heterocycles. The van der Waals surface area contributed by atoms with Crippen molar-refractivity contribution in [3.8, 4) is 11.5 Å². The standard InChI is InChI=1S/C18H20N2O5/c1-12-7-15(8-17(21)24-12)25-16-10-20(11-16)18(22)19-9-13-3-5-14(23-2)6-4-13/h3-8,16H,9-11H2,1-2H3,(H,19,22). The Morgan fingerprint density at radius 1 is 1.24 bits per heavy atom. The summed E-state index contributed by atoms with van der Waals surface area (Å²) in [5.41, 5.74) is 0.553. The number of urea groups is 1. The van der Waals surface area contributed by atoms with E-state index in [0.29, 0.717) is 31.1 Å². The Bertz CT molecular complexity index is 794. The van der Waals surface area contributed by atoms with Crippen LogP contribution in [0.15, 0.2) is 45.6 Å². The number of nitrogens with one attached hydrogen (secondary N) is 1. The van der Waals surface area contributed by atoms with Gasteiger partial charge in [0.15, 0.2) is 0 Å². The first-order valence-electron chi connectivity index (χ1n) is 7.97. The summed E-state index contributed by atoms with van der Waals surface area (Å²) in [6.07, 6.45) is -0.118. The maximum atomic E-state index is 12.1. The topological polar surface area (TPSA) is 81.0 Å². The Morgan fingerprint density at radius 3 is 2.60 bits per heavy atom. The van der Waals surface area contributed by atoms with Crippen LogP contribution >= 0.6 is 0 Å². The van der Waals surface area contributed by atoms with Crippen molar-refractivity contribution in [2.75, 3.05) is 20.2 Å². The highest BCUT2D eigenvalue weighted by atomic mass is 16.5. The number of aryl methyl sites for hydroxylation is 1. The third-order valence-electron chi connectivity index (χ3n) is 3.91. The van der Waals surface area contributed by atoms with E-state index >= 15 is 0 Å². The number of rotatable bonds is 5. The number of hydrogen-bond donors (Lipinski definition) is 1. The Hall–Kier alpha value is -2.96. The van der Waals surface area contributed by atoms with Crippen LogP contribution in [0.2, 0.25) is 0 Å². The molecule has 132 valence electrons. The van der Waals surface area contributed by atoms with Gasteiger partial charge in [0, 0.05) is 12.6 Å². The number of amides is 2. The van der Waals surface area contributed by atoms with Crippen LogP contribution in [0.4, 0.5) is 4.79 Å². The predicted molar refractivity (Wildman–Crippen MR) is 90.9 cm³/mol. The summed E-state index contributed by atoms with van der Waals surface area (Å²) in [6.45, 7) is 3.10. The zero-order valence-electron chi connectivity index (χ0n) is 14.2. The molecule has 7 nitrogen and oxygen atoms in total. The third-order valence-corrected chi connectivity index (χ3v) is 3.91. The summed E-state index contributed by atoms with van der Waals surface area (Å²) >= 11 is 0. The van der Waals surface area contributed by atoms with Gasteiger partial charge in [-0.25, -0.2) is 9.59 Å². The molecule has 1 aliphatic heterocycles. The Morgan fingerprint density at radius 2 is 1.96 bits per heavy atom. The number of carbonyl (C=O) groups is 1. The normalized spacial score (nSPS) is 13.9. The van der Waals surface area contributed by atoms with Gasteiger partial charge in [0.05, 0.1) is 26.3 Å². The SMILES string of the molecule is COc1ccc(CNC(=O)N2CC(Oc3cc(C)oc(=O)c3)C2)cc1. The lowest BCUT2D eigenvalue weighted by atomic mass is 10.2. The fourth-order valence-electron chi connectivity index (χ4n) is 2.55. The molecule has 0 atom stereocenters. The van der Waals surface area contributed by atoms with Crippen molar-refractivity contribution < 1.29 is 18.7 Å². The largest absolute Gasteiger partial charge is 0.497 e. The number of methoxy groups -OCH3 is 1. The van der Waals surface area contributed by atoms with Gasteiger partial charge in [0.2, 0.25) is 0 Å². The molecule has 2 aromatic rings. The highest BCUT2D eigenvalue weighted by Gasteiger charge is 2.32. The van der Waals surface area contributed by atoms with Crippen molar-refractivity contribution in [3.05, 3.63) is 58.1 Å². The molecule has 7 heteroatoms. The number of hydrogen-bond acceptors (Lipinski definition) is 5. The van der Waals surface area contributed by atoms with Gasteiger partial charge in [-0.05, 0) is 24.6 Å². The minimum Gasteiger partial charge on any atom is -0.497 e. The highest BCUT2D eigenvalue weighted by Crippen LogP contribution is 2.18. The Kier molecular flexibility index (Phi) is 4.92. The first-order chi connectivity index (χ1) is 12.0. The molecule has 1 aromatic carbocycles. The van der Waals surface area contributed by atoms with Crippen molar-refractivity contribution in [2.24, 2.45) is 0 Å². The zero-order valence-corrected chi connectivity index (χ0v) is 14.2. The molecule has 2 heterocycles. The second-order valence-electron chi connectivity index (χ2n) is 5.87. The van der Waals surface area contributed by atoms with Crippen LogP contribution in [-0.4, -0.2) is 37.2 Å². The van der Waals surface area contributed by atoms with Crippen LogP contribution < -0.4 is 20.4 Å². The van der Waals surface area contributed by atoms with Gasteiger partial charge < -0.3 is 24.1 Å². The number of nitrogens with zero attached hydrogens (tertiary/aromatic N) is 1. The molecule has 0 spiro atoms. The monoisotopic (exact) mass is 344 g/mol. The Labute approximate surface area is 145 Å². The first kappa shape index (κ1) is 16.9. The lowest BCUT2D eigenvalue weighted by Gasteiger charge is -2.38. The molecule has 1 aromatic heterocycles. The Balaban J connectivity index is 1.44. The van der Waals surface area contributed by atoms with Crippen LogP contribution in [0.3, 0.4) is 0 Å². The number of carbonyl (C=O) groups excluding carboxylic acids is 1. The van der Waals surface area contributed by atoms with Gasteiger partial charge in [-0.15, -0.1) is 0 Å². The number of benzene rings is 1. The summed E-state index contributed by atoms with van der Waals surface area (Å²) in [6, 6.07) is 10.3. The molecule has 1 fully saturated rings. The smallest absolute Gasteiger partial charge is 0.339 e. The number of ether oxygens (including phenoxy) is 2. The summed E-state index contributed by atoms with van der Waals surface area (Å²) in [7, 11) is 1.61. The quantitative estimate of drug-likeness (QED) is 0.896. The molecule has 0 aliphatic carbocycles. The lowest BCUT2D eigenvalue weighted by molar-refractivity contribution is 0.0438. The van der Waals surface area contributed by atoms with E-state index in [-0.39, 0.29) is 12.1 Å². The van der Waals surface area contributed by atoms with Crippen molar-refractivity contribution in [2.45, 2.75) is 19.6 Å². The molecule has 3 rings (SSSR count). The molecule has 1 aliphatic rings. The molecule has 0 radical (unpaired) electrons. The second kappa shape index (κ2) is 7.29. The molecule has 1 N–H and O–H groups in total. The molecule has 25 heavy (non-hydrogen) atoms. The van der Waals surface area contributed by atoms with E-state index in [4.69, 9.17) is 13.9 Å². The molecule has 0 unspecified atom stereocenters. The van der Waals surface area contributed by atoms with E-state index in [1.807, 2.05) is 24.3 Å². The zero-order chi connectivity index (χ0) is 17.8. The van der Waals surface area contributed by atoms with Crippen LogP contribution in [0.25, 0.3) is 0 Å². The average Bonchev–Trinajstić information content (AvgIpc) is 2.55. The van der Waals surface area contributed by atoms with E-state index in [1.54, 1.807) is 25.0 Å². The third kappa shape index (κ3) is 4.32. The van der Waals surface area contributed by atoms with E-state index in [0.717, 1.165) is 11.3 Å². The van der Waals surface area contributed by atoms with Gasteiger partial charge >= 0.3 is 11.7 Å². The summed E-state index contributed by atoms with van der Waals surface area (Å²) in [4.78, 5) is 25.1. The van der Waals surface area contributed by atoms with Crippen LogP contribution in [0.5, 0.6) is 11.5 Å². The van der Waals surface area contributed by atoms with E-state index < -0.39 is 5.63 Å². The fourth-order valence-corrected chi connectivity index (χ4v) is 2.55. The molecule has 2 amide bonds. The highest BCUT2D eigenvalue weighted by molar-refractivity contribution is 5.75. The molecule has 0 bridgehead atoms. The maximum absolute atomic E-state index is 12.1. The van der Waals surface area contributed by atoms with Gasteiger partial charge in [-0.2, -0.15) is 0 Å². The molecular weight excluding hydrogens is 324 g/mol. The molecular formula is C18H20N2O5. The second-order valence-corrected chi connectivity index (χ2v) is 5.87. The van der Waals surface area contributed by atoms with Gasteiger partial charge in [-0.3, -0.25) is 0 Å². The minimum atomic E-state index is -0.441. The van der Waals surface area contributed by atoms with Crippen molar-refractivity contribution in [1.29, 1.82) is 0 Å². The summed E-state index contributed by atoms with van der Waals surface area (Å²) in [5, 5.41) is 2.87. The lowest BCUT2D eigenvalue weighted by Crippen LogP contribution is -2.58. The summed E-state index contributed by atoms with van der Waals surface area (Å²) in [5.74, 6) is 1.75. The van der Waals surface area contributed by atoms with E-state index in [2.05, 4.69) is 5.32 Å². The van der Waals surface area contributed by atoms with Gasteiger partial charge in [0.25, 0.3) is 0 Å². The summed E-state index contributed by atoms with van der Waals surface area (Å²) < 4.78 is 15.7.